The van der Waals surface area contributed by atoms with Crippen LogP contribution in [0.15, 0.2) is 47.1 Å². The van der Waals surface area contributed by atoms with Crippen LogP contribution in [0.5, 0.6) is 0 Å². The zero-order chi connectivity index (χ0) is 17.2. The molecule has 0 atom stereocenters. The Labute approximate surface area is 154 Å². The lowest BCUT2D eigenvalue weighted by atomic mass is 10.2. The smallest absolute Gasteiger partial charge is 0.254 e. The minimum Gasteiger partial charge on any atom is -0.339 e. The summed E-state index contributed by atoms with van der Waals surface area (Å²) in [5.41, 5.74) is 2.34. The minimum absolute atomic E-state index is 0.0924. The number of rotatable bonds is 2. The Balaban J connectivity index is 1.68. The van der Waals surface area contributed by atoms with E-state index in [4.69, 9.17) is 0 Å². The van der Waals surface area contributed by atoms with Crippen LogP contribution in [0.1, 0.15) is 36.0 Å². The topological polar surface area (TPSA) is 50.5 Å². The summed E-state index contributed by atoms with van der Waals surface area (Å²) in [6.45, 7) is 1.69. The fraction of sp³-hybridized carbons (Fsp3) is 0.316. The summed E-state index contributed by atoms with van der Waals surface area (Å²) >= 11 is 3.56. The molecule has 0 saturated carbocycles. The van der Waals surface area contributed by atoms with Gasteiger partial charge in [-0.1, -0.05) is 47.0 Å². The van der Waals surface area contributed by atoms with Gasteiger partial charge in [0.25, 0.3) is 5.91 Å². The molecule has 1 saturated heterocycles. The molecule has 5 nitrogen and oxygen atoms in total. The number of aromatic nitrogens is 3. The van der Waals surface area contributed by atoms with Crippen molar-refractivity contribution in [2.75, 3.05) is 13.1 Å². The van der Waals surface area contributed by atoms with Crippen LogP contribution in [0.25, 0.3) is 17.0 Å². The van der Waals surface area contributed by atoms with E-state index >= 15 is 0 Å². The van der Waals surface area contributed by atoms with Gasteiger partial charge < -0.3 is 4.90 Å². The molecule has 0 bridgehead atoms. The summed E-state index contributed by atoms with van der Waals surface area (Å²) in [4.78, 5) is 14.8. The van der Waals surface area contributed by atoms with E-state index in [1.807, 2.05) is 51.9 Å². The summed E-state index contributed by atoms with van der Waals surface area (Å²) in [5.74, 6) is 0.853. The summed E-state index contributed by atoms with van der Waals surface area (Å²) < 4.78 is 2.88. The zero-order valence-electron chi connectivity index (χ0n) is 13.9. The molecular weight excluding hydrogens is 380 g/mol. The largest absolute Gasteiger partial charge is 0.339 e. The standard InChI is InChI=1S/C19H19BrN4O/c20-16-8-4-3-7-15(16)18-22-21-17-13-14(9-12-24(17)18)19(25)23-10-5-1-2-6-11-23/h3-4,7-9,12-13H,1-2,5-6,10-11H2. The number of hydrogen-bond donors (Lipinski definition) is 0. The highest BCUT2D eigenvalue weighted by atomic mass is 79.9. The molecule has 0 spiro atoms. The number of amides is 1. The molecule has 0 aliphatic carbocycles. The van der Waals surface area contributed by atoms with Crippen LogP contribution in [-0.2, 0) is 0 Å². The fourth-order valence-electron chi connectivity index (χ4n) is 3.31. The molecule has 6 heteroatoms. The second kappa shape index (κ2) is 6.96. The molecule has 1 fully saturated rings. The Kier molecular flexibility index (Phi) is 4.53. The molecule has 3 heterocycles. The van der Waals surface area contributed by atoms with Crippen molar-refractivity contribution in [3.8, 4) is 11.4 Å². The molecule has 2 aromatic heterocycles. The van der Waals surface area contributed by atoms with Gasteiger partial charge in [0.05, 0.1) is 0 Å². The van der Waals surface area contributed by atoms with Crippen LogP contribution in [0, 0.1) is 0 Å². The Morgan fingerprint density at radius 3 is 2.52 bits per heavy atom. The molecule has 0 unspecified atom stereocenters. The van der Waals surface area contributed by atoms with Crippen LogP contribution in [0.3, 0.4) is 0 Å². The molecule has 1 amide bonds. The molecular formula is C19H19BrN4O. The first kappa shape index (κ1) is 16.3. The van der Waals surface area contributed by atoms with Crippen LogP contribution < -0.4 is 0 Å². The molecule has 1 aliphatic rings. The van der Waals surface area contributed by atoms with Crippen LogP contribution >= 0.6 is 15.9 Å². The average molecular weight is 399 g/mol. The average Bonchev–Trinajstić information content (AvgIpc) is 2.86. The van der Waals surface area contributed by atoms with Gasteiger partial charge in [0.2, 0.25) is 0 Å². The third-order valence-corrected chi connectivity index (χ3v) is 5.36. The number of halogens is 1. The summed E-state index contributed by atoms with van der Waals surface area (Å²) in [7, 11) is 0. The van der Waals surface area contributed by atoms with E-state index in [2.05, 4.69) is 26.1 Å². The number of carbonyl (C=O) groups is 1. The first-order valence-corrected chi connectivity index (χ1v) is 9.42. The van der Waals surface area contributed by atoms with Crippen molar-refractivity contribution in [2.45, 2.75) is 25.7 Å². The Hall–Kier alpha value is -2.21. The number of carbonyl (C=O) groups excluding carboxylic acids is 1. The van der Waals surface area contributed by atoms with E-state index in [1.54, 1.807) is 0 Å². The van der Waals surface area contributed by atoms with Crippen LogP contribution in [0.2, 0.25) is 0 Å². The molecule has 1 aliphatic heterocycles. The second-order valence-corrected chi connectivity index (χ2v) is 7.21. The number of nitrogens with zero attached hydrogens (tertiary/aromatic N) is 4. The number of likely N-dealkylation sites (tertiary alicyclic amines) is 1. The SMILES string of the molecule is O=C(c1ccn2c(-c3ccccc3Br)nnc2c1)N1CCCCCC1. The Morgan fingerprint density at radius 1 is 1.00 bits per heavy atom. The highest BCUT2D eigenvalue weighted by Crippen LogP contribution is 2.27. The van der Waals surface area contributed by atoms with Gasteiger partial charge >= 0.3 is 0 Å². The van der Waals surface area contributed by atoms with Crippen molar-refractivity contribution >= 4 is 27.5 Å². The van der Waals surface area contributed by atoms with Crippen LogP contribution in [0.4, 0.5) is 0 Å². The van der Waals surface area contributed by atoms with Gasteiger partial charge in [-0.05, 0) is 31.0 Å². The summed E-state index contributed by atoms with van der Waals surface area (Å²) in [5, 5.41) is 8.58. The van der Waals surface area contributed by atoms with Crippen molar-refractivity contribution in [1.29, 1.82) is 0 Å². The molecule has 128 valence electrons. The molecule has 1 aromatic carbocycles. The molecule has 0 N–H and O–H groups in total. The van der Waals surface area contributed by atoms with E-state index in [9.17, 15) is 4.79 Å². The van der Waals surface area contributed by atoms with Gasteiger partial charge in [0.1, 0.15) is 0 Å². The number of benzene rings is 1. The highest BCUT2D eigenvalue weighted by molar-refractivity contribution is 9.10. The molecule has 0 radical (unpaired) electrons. The fourth-order valence-corrected chi connectivity index (χ4v) is 3.77. The van der Waals surface area contributed by atoms with E-state index in [-0.39, 0.29) is 5.91 Å². The van der Waals surface area contributed by atoms with Gasteiger partial charge in [0, 0.05) is 34.9 Å². The maximum absolute atomic E-state index is 12.8. The predicted molar refractivity (Wildman–Crippen MR) is 100 cm³/mol. The first-order chi connectivity index (χ1) is 12.2. The molecule has 25 heavy (non-hydrogen) atoms. The van der Waals surface area contributed by atoms with E-state index in [0.717, 1.165) is 41.8 Å². The molecule has 3 aromatic rings. The van der Waals surface area contributed by atoms with Gasteiger partial charge in [-0.3, -0.25) is 9.20 Å². The van der Waals surface area contributed by atoms with Crippen molar-refractivity contribution in [1.82, 2.24) is 19.5 Å². The van der Waals surface area contributed by atoms with Crippen molar-refractivity contribution in [3.05, 3.63) is 52.6 Å². The van der Waals surface area contributed by atoms with Gasteiger partial charge in [-0.2, -0.15) is 0 Å². The van der Waals surface area contributed by atoms with Gasteiger partial charge in [-0.15, -0.1) is 10.2 Å². The minimum atomic E-state index is 0.0924. The Bertz CT molecular complexity index is 913. The number of pyridine rings is 1. The number of fused-ring (bicyclic) bond motifs is 1. The van der Waals surface area contributed by atoms with E-state index < -0.39 is 0 Å². The monoisotopic (exact) mass is 398 g/mol. The maximum Gasteiger partial charge on any atom is 0.254 e. The Morgan fingerprint density at radius 2 is 1.76 bits per heavy atom. The lowest BCUT2D eigenvalue weighted by molar-refractivity contribution is 0.0761. The lowest BCUT2D eigenvalue weighted by Gasteiger charge is -2.20. The molecule has 4 rings (SSSR count). The highest BCUT2D eigenvalue weighted by Gasteiger charge is 2.19. The third-order valence-electron chi connectivity index (χ3n) is 4.66. The summed E-state index contributed by atoms with van der Waals surface area (Å²) in [6.07, 6.45) is 6.48. The number of hydrogen-bond acceptors (Lipinski definition) is 3. The predicted octanol–water partition coefficient (Wildman–Crippen LogP) is 4.18. The maximum atomic E-state index is 12.8. The van der Waals surface area contributed by atoms with E-state index in [1.165, 1.54) is 12.8 Å². The first-order valence-electron chi connectivity index (χ1n) is 8.63. The van der Waals surface area contributed by atoms with Crippen molar-refractivity contribution in [2.24, 2.45) is 0 Å². The summed E-state index contributed by atoms with van der Waals surface area (Å²) in [6, 6.07) is 11.6. The second-order valence-electron chi connectivity index (χ2n) is 6.35. The zero-order valence-corrected chi connectivity index (χ0v) is 15.4. The lowest BCUT2D eigenvalue weighted by Crippen LogP contribution is -2.31. The third kappa shape index (κ3) is 3.18. The van der Waals surface area contributed by atoms with Gasteiger partial charge in [-0.25, -0.2) is 0 Å². The van der Waals surface area contributed by atoms with E-state index in [0.29, 0.717) is 11.2 Å². The normalized spacial score (nSPS) is 15.3. The van der Waals surface area contributed by atoms with Gasteiger partial charge in [0.15, 0.2) is 11.5 Å². The quantitative estimate of drug-likeness (QED) is 0.650. The van der Waals surface area contributed by atoms with Crippen molar-refractivity contribution < 1.29 is 4.79 Å². The van der Waals surface area contributed by atoms with Crippen molar-refractivity contribution in [3.63, 3.8) is 0 Å². The van der Waals surface area contributed by atoms with Crippen LogP contribution in [-0.4, -0.2) is 38.5 Å².